The second kappa shape index (κ2) is 9.84. The van der Waals surface area contributed by atoms with Crippen molar-refractivity contribution in [3.05, 3.63) is 75.1 Å². The van der Waals surface area contributed by atoms with Gasteiger partial charge in [0.2, 0.25) is 5.95 Å². The van der Waals surface area contributed by atoms with Gasteiger partial charge in [0.1, 0.15) is 0 Å². The second-order valence-electron chi connectivity index (χ2n) is 9.06. The maximum absolute atomic E-state index is 13.8. The molecule has 2 N–H and O–H groups in total. The predicted octanol–water partition coefficient (Wildman–Crippen LogP) is 1.96. The van der Waals surface area contributed by atoms with Gasteiger partial charge in [-0.2, -0.15) is 4.98 Å². The first kappa shape index (κ1) is 23.6. The normalized spacial score (nSPS) is 15.6. The van der Waals surface area contributed by atoms with Gasteiger partial charge in [0.05, 0.1) is 24.5 Å². The number of hydrogen-bond donors (Lipinski definition) is 1. The zero-order valence-corrected chi connectivity index (χ0v) is 20.5. The predicted molar refractivity (Wildman–Crippen MR) is 141 cm³/mol. The quantitative estimate of drug-likeness (QED) is 0.435. The van der Waals surface area contributed by atoms with E-state index >= 15 is 0 Å². The number of imidazole rings is 1. The van der Waals surface area contributed by atoms with E-state index in [4.69, 9.17) is 15.7 Å². The van der Waals surface area contributed by atoms with Crippen LogP contribution in [0.1, 0.15) is 25.5 Å². The van der Waals surface area contributed by atoms with E-state index in [0.717, 1.165) is 30.6 Å². The minimum atomic E-state index is -0.437. The van der Waals surface area contributed by atoms with Gasteiger partial charge in [-0.05, 0) is 31.9 Å². The Morgan fingerprint density at radius 3 is 2.61 bits per heavy atom. The van der Waals surface area contributed by atoms with Gasteiger partial charge in [-0.15, -0.1) is 5.92 Å². The van der Waals surface area contributed by atoms with Crippen LogP contribution in [0.2, 0.25) is 0 Å². The summed E-state index contributed by atoms with van der Waals surface area (Å²) in [6, 6.07) is 15.5. The summed E-state index contributed by atoms with van der Waals surface area (Å²) in [7, 11) is 1.64. The molecule has 1 unspecified atom stereocenters. The SMILES string of the molecule is CC#CCn1c(N2CCCC(N)C2)nc2c1c(=O)n(Cc1cccc(-c3ccccc3)n1)c(=O)n2C. The zero-order valence-electron chi connectivity index (χ0n) is 20.5. The lowest BCUT2D eigenvalue weighted by molar-refractivity contribution is 0.496. The molecule has 1 aliphatic rings. The number of fused-ring (bicyclic) bond motifs is 1. The number of pyridine rings is 1. The van der Waals surface area contributed by atoms with Gasteiger partial charge < -0.3 is 10.6 Å². The highest BCUT2D eigenvalue weighted by Crippen LogP contribution is 2.23. The molecule has 0 radical (unpaired) electrons. The number of anilines is 1. The molecule has 0 spiro atoms. The first-order chi connectivity index (χ1) is 17.5. The highest BCUT2D eigenvalue weighted by Gasteiger charge is 2.26. The summed E-state index contributed by atoms with van der Waals surface area (Å²) in [6.45, 7) is 3.53. The summed E-state index contributed by atoms with van der Waals surface area (Å²) in [6.07, 6.45) is 1.89. The molecule has 9 nitrogen and oxygen atoms in total. The van der Waals surface area contributed by atoms with Crippen molar-refractivity contribution in [1.29, 1.82) is 0 Å². The van der Waals surface area contributed by atoms with Crippen LogP contribution in [-0.4, -0.2) is 42.8 Å². The molecule has 1 fully saturated rings. The van der Waals surface area contributed by atoms with E-state index in [1.165, 1.54) is 9.13 Å². The Morgan fingerprint density at radius 1 is 1.06 bits per heavy atom. The summed E-state index contributed by atoms with van der Waals surface area (Å²) in [5.74, 6) is 6.58. The molecule has 1 aromatic carbocycles. The molecule has 4 heterocycles. The van der Waals surface area contributed by atoms with E-state index in [9.17, 15) is 9.59 Å². The number of rotatable bonds is 5. The molecule has 1 atom stereocenters. The van der Waals surface area contributed by atoms with Crippen molar-refractivity contribution in [2.75, 3.05) is 18.0 Å². The third kappa shape index (κ3) is 4.32. The van der Waals surface area contributed by atoms with Crippen LogP contribution in [-0.2, 0) is 20.1 Å². The largest absolute Gasteiger partial charge is 0.341 e. The van der Waals surface area contributed by atoms with Gasteiger partial charge in [-0.1, -0.05) is 42.3 Å². The first-order valence-corrected chi connectivity index (χ1v) is 12.1. The van der Waals surface area contributed by atoms with Crippen molar-refractivity contribution in [2.45, 2.75) is 38.9 Å². The third-order valence-electron chi connectivity index (χ3n) is 6.56. The molecule has 0 amide bonds. The number of aryl methyl sites for hydroxylation is 1. The van der Waals surface area contributed by atoms with Gasteiger partial charge in [0.15, 0.2) is 11.2 Å². The Hall–Kier alpha value is -4.16. The van der Waals surface area contributed by atoms with E-state index in [-0.39, 0.29) is 12.6 Å². The van der Waals surface area contributed by atoms with Crippen molar-refractivity contribution in [2.24, 2.45) is 12.8 Å². The maximum Gasteiger partial charge on any atom is 0.332 e. The standard InChI is InChI=1S/C27H29N7O2/c1-3-4-16-33-23-24(30-26(33)32-15-9-12-20(28)17-32)31(2)27(36)34(25(23)35)18-21-13-8-14-22(29-21)19-10-6-5-7-11-19/h5-8,10-11,13-14,20H,9,12,15-18,28H2,1-2H3. The van der Waals surface area contributed by atoms with Crippen molar-refractivity contribution < 1.29 is 0 Å². The van der Waals surface area contributed by atoms with Crippen molar-refractivity contribution in [3.8, 4) is 23.1 Å². The summed E-state index contributed by atoms with van der Waals surface area (Å²) in [5, 5.41) is 0. The number of nitrogens with zero attached hydrogens (tertiary/aromatic N) is 6. The Balaban J connectivity index is 1.63. The lowest BCUT2D eigenvalue weighted by Crippen LogP contribution is -2.44. The highest BCUT2D eigenvalue weighted by molar-refractivity contribution is 5.75. The van der Waals surface area contributed by atoms with Gasteiger partial charge in [-0.3, -0.25) is 23.5 Å². The lowest BCUT2D eigenvalue weighted by Gasteiger charge is -2.31. The molecule has 4 aromatic rings. The molecule has 5 rings (SSSR count). The number of nitrogens with two attached hydrogens (primary N) is 1. The monoisotopic (exact) mass is 483 g/mol. The summed E-state index contributed by atoms with van der Waals surface area (Å²) in [5.41, 5.74) is 8.45. The Kier molecular flexibility index (Phi) is 6.44. The number of piperidine rings is 1. The molecule has 1 aliphatic heterocycles. The van der Waals surface area contributed by atoms with E-state index in [1.54, 1.807) is 14.0 Å². The van der Waals surface area contributed by atoms with Crippen LogP contribution >= 0.6 is 0 Å². The van der Waals surface area contributed by atoms with E-state index in [2.05, 4.69) is 16.7 Å². The van der Waals surface area contributed by atoms with Gasteiger partial charge in [0.25, 0.3) is 5.56 Å². The smallest absolute Gasteiger partial charge is 0.332 e. The first-order valence-electron chi connectivity index (χ1n) is 12.1. The Bertz CT molecular complexity index is 1590. The molecular weight excluding hydrogens is 454 g/mol. The van der Waals surface area contributed by atoms with Crippen LogP contribution in [0.4, 0.5) is 5.95 Å². The summed E-state index contributed by atoms with van der Waals surface area (Å²) in [4.78, 5) is 38.6. The average molecular weight is 484 g/mol. The Morgan fingerprint density at radius 2 is 1.86 bits per heavy atom. The Labute approximate surface area is 208 Å². The van der Waals surface area contributed by atoms with Crippen LogP contribution < -0.4 is 21.9 Å². The van der Waals surface area contributed by atoms with Crippen LogP contribution in [0.5, 0.6) is 0 Å². The summed E-state index contributed by atoms with van der Waals surface area (Å²) >= 11 is 0. The fraction of sp³-hybridized carbons (Fsp3) is 0.333. The summed E-state index contributed by atoms with van der Waals surface area (Å²) < 4.78 is 4.47. The van der Waals surface area contributed by atoms with Gasteiger partial charge in [-0.25, -0.2) is 4.79 Å². The molecule has 3 aromatic heterocycles. The van der Waals surface area contributed by atoms with Crippen molar-refractivity contribution in [1.82, 2.24) is 23.7 Å². The molecule has 1 saturated heterocycles. The zero-order chi connectivity index (χ0) is 25.2. The second-order valence-corrected chi connectivity index (χ2v) is 9.06. The van der Waals surface area contributed by atoms with E-state index in [0.29, 0.717) is 35.9 Å². The lowest BCUT2D eigenvalue weighted by atomic mass is 10.1. The molecule has 184 valence electrons. The van der Waals surface area contributed by atoms with Crippen LogP contribution in [0.15, 0.2) is 58.1 Å². The maximum atomic E-state index is 13.8. The molecule has 9 heteroatoms. The fourth-order valence-electron chi connectivity index (χ4n) is 4.74. The van der Waals surface area contributed by atoms with Crippen LogP contribution in [0, 0.1) is 11.8 Å². The number of aromatic nitrogens is 5. The molecule has 36 heavy (non-hydrogen) atoms. The van der Waals surface area contributed by atoms with Crippen molar-refractivity contribution in [3.63, 3.8) is 0 Å². The molecule has 0 aliphatic carbocycles. The number of benzene rings is 1. The topological polar surface area (TPSA) is 104 Å². The van der Waals surface area contributed by atoms with Crippen LogP contribution in [0.25, 0.3) is 22.4 Å². The molecule has 0 bridgehead atoms. The minimum Gasteiger partial charge on any atom is -0.341 e. The van der Waals surface area contributed by atoms with Gasteiger partial charge >= 0.3 is 5.69 Å². The number of hydrogen-bond acceptors (Lipinski definition) is 6. The van der Waals surface area contributed by atoms with E-state index in [1.807, 2.05) is 53.1 Å². The minimum absolute atomic E-state index is 0.0349. The van der Waals surface area contributed by atoms with Crippen LogP contribution in [0.3, 0.4) is 0 Å². The fourth-order valence-corrected chi connectivity index (χ4v) is 4.74. The van der Waals surface area contributed by atoms with Crippen molar-refractivity contribution >= 4 is 17.1 Å². The average Bonchev–Trinajstić information content (AvgIpc) is 3.29. The highest BCUT2D eigenvalue weighted by atomic mass is 16.2. The third-order valence-corrected chi connectivity index (χ3v) is 6.56. The molecule has 0 saturated carbocycles. The molecular formula is C27H29N7O2. The van der Waals surface area contributed by atoms with E-state index < -0.39 is 11.2 Å². The van der Waals surface area contributed by atoms with Gasteiger partial charge in [0, 0.05) is 31.7 Å².